The molecule has 8 heteroatoms. The topological polar surface area (TPSA) is 101 Å². The molecule has 1 aromatic heterocycles. The van der Waals surface area contributed by atoms with Crippen molar-refractivity contribution in [3.05, 3.63) is 64.7 Å². The van der Waals surface area contributed by atoms with E-state index in [0.717, 1.165) is 45.3 Å². The van der Waals surface area contributed by atoms with Crippen LogP contribution in [0.5, 0.6) is 11.5 Å². The molecule has 0 saturated heterocycles. The van der Waals surface area contributed by atoms with Gasteiger partial charge < -0.3 is 25.0 Å². The Morgan fingerprint density at radius 2 is 1.95 bits per heavy atom. The van der Waals surface area contributed by atoms with E-state index < -0.39 is 11.5 Å². The highest BCUT2D eigenvalue weighted by atomic mass is 32.1. The van der Waals surface area contributed by atoms with E-state index in [1.807, 2.05) is 43.3 Å². The number of carbonyl (C=O) groups is 1. The summed E-state index contributed by atoms with van der Waals surface area (Å²) in [5, 5.41) is 25.5. The average molecular weight is 535 g/mol. The zero-order valence-electron chi connectivity index (χ0n) is 21.8. The van der Waals surface area contributed by atoms with E-state index in [1.165, 1.54) is 0 Å². The fourth-order valence-corrected chi connectivity index (χ4v) is 8.03. The number of rotatable bonds is 6. The molecule has 2 aromatic carbocycles. The van der Waals surface area contributed by atoms with Crippen LogP contribution in [0.15, 0.2) is 48.5 Å². The lowest BCUT2D eigenvalue weighted by Crippen LogP contribution is -2.57. The maximum Gasteiger partial charge on any atom is 0.231 e. The Kier molecular flexibility index (Phi) is 6.45. The van der Waals surface area contributed by atoms with Gasteiger partial charge in [0.05, 0.1) is 18.4 Å². The maximum atomic E-state index is 13.4. The van der Waals surface area contributed by atoms with Crippen LogP contribution in [0.3, 0.4) is 0 Å². The minimum absolute atomic E-state index is 0.0342. The molecule has 0 radical (unpaired) electrons. The summed E-state index contributed by atoms with van der Waals surface area (Å²) < 4.78 is 10.9. The van der Waals surface area contributed by atoms with Gasteiger partial charge >= 0.3 is 0 Å². The highest BCUT2D eigenvalue weighted by Gasteiger charge is 2.59. The van der Waals surface area contributed by atoms with Gasteiger partial charge in [0.15, 0.2) is 11.5 Å². The van der Waals surface area contributed by atoms with Crippen LogP contribution < -0.4 is 14.8 Å². The summed E-state index contributed by atoms with van der Waals surface area (Å²) in [7, 11) is 0. The first kappa shape index (κ1) is 25.3. The number of aromatic nitrogens is 1. The average Bonchev–Trinajstić information content (AvgIpc) is 3.58. The molecule has 200 valence electrons. The second-order valence-electron chi connectivity index (χ2n) is 11.4. The lowest BCUT2D eigenvalue weighted by molar-refractivity contribution is -0.144. The summed E-state index contributed by atoms with van der Waals surface area (Å²) in [6.45, 7) is 4.76. The molecule has 2 heterocycles. The minimum atomic E-state index is -0.636. The highest BCUT2D eigenvalue weighted by molar-refractivity contribution is 7.15. The summed E-state index contributed by atoms with van der Waals surface area (Å²) in [5.74, 6) is 1.31. The Hall–Kier alpha value is -2.94. The Labute approximate surface area is 226 Å². The number of nitrogens with zero attached hydrogens (tertiary/aromatic N) is 1. The van der Waals surface area contributed by atoms with Crippen LogP contribution in [0.25, 0.3) is 10.6 Å². The molecule has 6 rings (SSSR count). The summed E-state index contributed by atoms with van der Waals surface area (Å²) >= 11 is 1.68. The third-order valence-corrected chi connectivity index (χ3v) is 10.4. The quantitative estimate of drug-likeness (QED) is 0.425. The molecule has 0 spiro atoms. The zero-order chi connectivity index (χ0) is 26.5. The van der Waals surface area contributed by atoms with E-state index in [1.54, 1.807) is 11.3 Å². The van der Waals surface area contributed by atoms with Gasteiger partial charge in [0, 0.05) is 34.7 Å². The number of aliphatic hydroxyl groups excluding tert-OH is 2. The molecular formula is C30H34N2O5S. The first-order valence-electron chi connectivity index (χ1n) is 13.3. The van der Waals surface area contributed by atoms with Crippen LogP contribution in [-0.2, 0) is 17.8 Å². The van der Waals surface area contributed by atoms with Crippen molar-refractivity contribution in [1.29, 1.82) is 0 Å². The van der Waals surface area contributed by atoms with Gasteiger partial charge in [-0.05, 0) is 48.3 Å². The Balaban J connectivity index is 1.30. The number of ether oxygens (including phenoxy) is 2. The molecule has 1 saturated carbocycles. The van der Waals surface area contributed by atoms with Crippen LogP contribution in [0, 0.1) is 16.7 Å². The first-order chi connectivity index (χ1) is 18.3. The van der Waals surface area contributed by atoms with E-state index in [4.69, 9.17) is 14.5 Å². The summed E-state index contributed by atoms with van der Waals surface area (Å²) in [4.78, 5) is 19.7. The van der Waals surface area contributed by atoms with Crippen molar-refractivity contribution in [2.45, 2.75) is 58.1 Å². The molecule has 1 amide bonds. The molecular weight excluding hydrogens is 500 g/mol. The predicted molar refractivity (Wildman–Crippen MR) is 145 cm³/mol. The third-order valence-electron chi connectivity index (χ3n) is 9.23. The van der Waals surface area contributed by atoms with E-state index >= 15 is 0 Å². The molecule has 7 nitrogen and oxygen atoms in total. The molecule has 2 aliphatic carbocycles. The van der Waals surface area contributed by atoms with Gasteiger partial charge in [0.2, 0.25) is 12.7 Å². The third kappa shape index (κ3) is 4.19. The van der Waals surface area contributed by atoms with Crippen LogP contribution in [0.4, 0.5) is 0 Å². The van der Waals surface area contributed by atoms with Crippen molar-refractivity contribution in [3.8, 4) is 22.1 Å². The summed E-state index contributed by atoms with van der Waals surface area (Å²) in [6, 6.07) is 15.8. The SMILES string of the molecule is CC1(CO)C(O)CCC2(C)C(CC(=O)NCc3ccc4c(c3)OCO4)c3nc(-c4ccccc4)sc3CC12. The van der Waals surface area contributed by atoms with Crippen molar-refractivity contribution in [2.24, 2.45) is 16.7 Å². The van der Waals surface area contributed by atoms with Gasteiger partial charge in [0.1, 0.15) is 5.01 Å². The molecule has 3 aliphatic rings. The molecule has 3 N–H and O–H groups in total. The fraction of sp³-hybridized carbons (Fsp3) is 0.467. The zero-order valence-corrected chi connectivity index (χ0v) is 22.6. The van der Waals surface area contributed by atoms with Gasteiger partial charge in [-0.2, -0.15) is 0 Å². The van der Waals surface area contributed by atoms with Gasteiger partial charge in [-0.3, -0.25) is 4.79 Å². The van der Waals surface area contributed by atoms with E-state index in [2.05, 4.69) is 24.4 Å². The van der Waals surface area contributed by atoms with Gasteiger partial charge in [0.25, 0.3) is 0 Å². The van der Waals surface area contributed by atoms with Crippen LogP contribution in [0.1, 0.15) is 55.2 Å². The number of amides is 1. The number of carbonyl (C=O) groups excluding carboxylic acids is 1. The fourth-order valence-electron chi connectivity index (χ4n) is 6.86. The van der Waals surface area contributed by atoms with Crippen LogP contribution >= 0.6 is 11.3 Å². The number of aliphatic hydroxyl groups is 2. The van der Waals surface area contributed by atoms with Gasteiger partial charge in [-0.1, -0.05) is 50.2 Å². The minimum Gasteiger partial charge on any atom is -0.454 e. The van der Waals surface area contributed by atoms with Crippen molar-refractivity contribution < 1.29 is 24.5 Å². The highest BCUT2D eigenvalue weighted by Crippen LogP contribution is 2.62. The second-order valence-corrected chi connectivity index (χ2v) is 12.5. The molecule has 5 unspecified atom stereocenters. The number of benzene rings is 2. The summed E-state index contributed by atoms with van der Waals surface area (Å²) in [5.41, 5.74) is 2.10. The van der Waals surface area contributed by atoms with E-state index in [0.29, 0.717) is 25.1 Å². The maximum absolute atomic E-state index is 13.4. The smallest absolute Gasteiger partial charge is 0.231 e. The molecule has 0 bridgehead atoms. The van der Waals surface area contributed by atoms with E-state index in [-0.39, 0.29) is 36.6 Å². The standard InChI is InChI=1S/C30H34N2O5S/c1-29-11-10-25(34)30(2,16-33)24(29)14-23-27(32-28(38-23)19-6-4-3-5-7-19)20(29)13-26(35)31-15-18-8-9-21-22(12-18)37-17-36-21/h3-9,12,20,24-25,33-34H,10-11,13-17H2,1-2H3,(H,31,35). The molecule has 38 heavy (non-hydrogen) atoms. The number of fused-ring (bicyclic) bond motifs is 3. The first-order valence-corrected chi connectivity index (χ1v) is 14.1. The lowest BCUT2D eigenvalue weighted by Gasteiger charge is -2.58. The van der Waals surface area contributed by atoms with Gasteiger partial charge in [-0.25, -0.2) is 4.98 Å². The number of hydrogen-bond donors (Lipinski definition) is 3. The second kappa shape index (κ2) is 9.67. The van der Waals surface area contributed by atoms with Crippen LogP contribution in [-0.4, -0.2) is 40.6 Å². The Morgan fingerprint density at radius 1 is 1.16 bits per heavy atom. The van der Waals surface area contributed by atoms with Crippen molar-refractivity contribution in [3.63, 3.8) is 0 Å². The molecule has 3 aromatic rings. The van der Waals surface area contributed by atoms with E-state index in [9.17, 15) is 15.0 Å². The summed E-state index contributed by atoms with van der Waals surface area (Å²) in [6.07, 6.45) is 1.87. The van der Waals surface area contributed by atoms with Crippen molar-refractivity contribution in [1.82, 2.24) is 10.3 Å². The molecule has 1 fully saturated rings. The number of nitrogens with one attached hydrogen (secondary N) is 1. The van der Waals surface area contributed by atoms with Crippen LogP contribution in [0.2, 0.25) is 0 Å². The Morgan fingerprint density at radius 3 is 2.74 bits per heavy atom. The lowest BCUT2D eigenvalue weighted by atomic mass is 9.47. The van der Waals surface area contributed by atoms with Crippen molar-refractivity contribution in [2.75, 3.05) is 13.4 Å². The molecule has 1 aliphatic heterocycles. The van der Waals surface area contributed by atoms with Crippen molar-refractivity contribution >= 4 is 17.2 Å². The normalized spacial score (nSPS) is 29.4. The number of thiazole rings is 1. The monoisotopic (exact) mass is 534 g/mol. The molecule has 5 atom stereocenters. The predicted octanol–water partition coefficient (Wildman–Crippen LogP) is 4.66. The Bertz CT molecular complexity index is 1340. The van der Waals surface area contributed by atoms with Gasteiger partial charge in [-0.15, -0.1) is 11.3 Å². The largest absolute Gasteiger partial charge is 0.454 e. The number of hydrogen-bond acceptors (Lipinski definition) is 7.